The second-order valence-electron chi connectivity index (χ2n) is 4.65. The summed E-state index contributed by atoms with van der Waals surface area (Å²) in [5.74, 6) is -0.394. The topological polar surface area (TPSA) is 66.5 Å². The van der Waals surface area contributed by atoms with Gasteiger partial charge in [-0.2, -0.15) is 0 Å². The highest BCUT2D eigenvalue weighted by Gasteiger charge is 2.18. The molecule has 0 radical (unpaired) electrons. The second-order valence-corrected chi connectivity index (χ2v) is 6.95. The molecule has 90 valence electrons. The minimum Gasteiger partial charge on any atom is -0.351 e. The summed E-state index contributed by atoms with van der Waals surface area (Å²) in [7, 11) is -0.366. The fraction of sp³-hybridized carbons (Fsp3) is 0.889. The van der Waals surface area contributed by atoms with Crippen molar-refractivity contribution in [2.45, 2.75) is 32.7 Å². The van der Waals surface area contributed by atoms with Crippen molar-refractivity contribution in [3.05, 3.63) is 0 Å². The van der Waals surface area contributed by atoms with E-state index in [-0.39, 0.29) is 23.6 Å². The first kappa shape index (κ1) is 14.4. The van der Waals surface area contributed by atoms with Crippen LogP contribution in [0.5, 0.6) is 0 Å². The molecule has 0 rings (SSSR count). The summed E-state index contributed by atoms with van der Waals surface area (Å²) in [5.41, 5.74) is -0.320. The van der Waals surface area contributed by atoms with Crippen molar-refractivity contribution in [1.82, 2.24) is 9.62 Å². The van der Waals surface area contributed by atoms with Gasteiger partial charge in [0.15, 0.2) is 0 Å². The van der Waals surface area contributed by atoms with Gasteiger partial charge in [-0.3, -0.25) is 4.79 Å². The zero-order valence-electron chi connectivity index (χ0n) is 9.99. The fourth-order valence-corrected chi connectivity index (χ4v) is 1.69. The van der Waals surface area contributed by atoms with Crippen LogP contribution in [0.15, 0.2) is 0 Å². The highest BCUT2D eigenvalue weighted by atomic mass is 32.2. The van der Waals surface area contributed by atoms with E-state index < -0.39 is 10.0 Å². The number of carbonyl (C=O) groups excluding carboxylic acids is 1. The van der Waals surface area contributed by atoms with Crippen LogP contribution >= 0.6 is 0 Å². The predicted octanol–water partition coefficient (Wildman–Crippen LogP) is 0.183. The van der Waals surface area contributed by atoms with E-state index in [2.05, 4.69) is 5.32 Å². The number of sulfonamides is 1. The zero-order valence-corrected chi connectivity index (χ0v) is 10.8. The Balaban J connectivity index is 4.14. The van der Waals surface area contributed by atoms with Crippen LogP contribution in [0.1, 0.15) is 27.2 Å². The molecule has 1 N–H and O–H groups in total. The molecule has 0 saturated heterocycles. The Hall–Kier alpha value is -0.620. The molecule has 0 aliphatic rings. The maximum absolute atomic E-state index is 11.3. The van der Waals surface area contributed by atoms with Crippen LogP contribution in [-0.4, -0.2) is 44.0 Å². The highest BCUT2D eigenvalue weighted by Crippen LogP contribution is 2.01. The number of rotatable bonds is 4. The van der Waals surface area contributed by atoms with Crippen molar-refractivity contribution in [3.8, 4) is 0 Å². The number of amides is 1. The van der Waals surface area contributed by atoms with Crippen LogP contribution in [0.2, 0.25) is 0 Å². The van der Waals surface area contributed by atoms with E-state index in [1.807, 2.05) is 20.8 Å². The van der Waals surface area contributed by atoms with Gasteiger partial charge in [0, 0.05) is 26.1 Å². The Bertz CT molecular complexity index is 315. The van der Waals surface area contributed by atoms with Gasteiger partial charge in [-0.1, -0.05) is 0 Å². The number of nitrogens with one attached hydrogen (secondary N) is 1. The van der Waals surface area contributed by atoms with E-state index in [9.17, 15) is 13.2 Å². The molecule has 0 aliphatic carbocycles. The van der Waals surface area contributed by atoms with Crippen molar-refractivity contribution in [1.29, 1.82) is 0 Å². The largest absolute Gasteiger partial charge is 0.351 e. The van der Waals surface area contributed by atoms with Gasteiger partial charge >= 0.3 is 0 Å². The summed E-state index contributed by atoms with van der Waals surface area (Å²) in [6.07, 6.45) is -0.00220. The molecule has 0 spiro atoms. The Kier molecular flexibility index (Phi) is 4.73. The third kappa shape index (κ3) is 6.46. The summed E-state index contributed by atoms with van der Waals surface area (Å²) in [4.78, 5) is 11.3. The van der Waals surface area contributed by atoms with E-state index in [4.69, 9.17) is 0 Å². The first-order valence-electron chi connectivity index (χ1n) is 4.76. The molecule has 0 aliphatic heterocycles. The van der Waals surface area contributed by atoms with E-state index in [1.54, 1.807) is 0 Å². The fourth-order valence-electron chi connectivity index (χ4n) is 0.885. The van der Waals surface area contributed by atoms with E-state index in [1.165, 1.54) is 14.1 Å². The van der Waals surface area contributed by atoms with Crippen LogP contribution in [-0.2, 0) is 14.8 Å². The first-order valence-corrected chi connectivity index (χ1v) is 6.37. The molecule has 15 heavy (non-hydrogen) atoms. The van der Waals surface area contributed by atoms with Gasteiger partial charge in [-0.25, -0.2) is 12.7 Å². The molecule has 0 aromatic carbocycles. The zero-order chi connectivity index (χ0) is 12.3. The monoisotopic (exact) mass is 236 g/mol. The molecule has 0 aromatic rings. The Labute approximate surface area is 91.9 Å². The summed E-state index contributed by atoms with van der Waals surface area (Å²) in [6.45, 7) is 5.56. The molecule has 1 amide bonds. The van der Waals surface area contributed by atoms with E-state index in [0.29, 0.717) is 0 Å². The summed E-state index contributed by atoms with van der Waals surface area (Å²) < 4.78 is 23.8. The maximum atomic E-state index is 11.3. The normalized spacial score (nSPS) is 12.9. The Morgan fingerprint density at radius 1 is 1.27 bits per heavy atom. The lowest BCUT2D eigenvalue weighted by molar-refractivity contribution is -0.122. The quantitative estimate of drug-likeness (QED) is 0.757. The van der Waals surface area contributed by atoms with Gasteiger partial charge in [0.25, 0.3) is 0 Å². The Morgan fingerprint density at radius 2 is 1.73 bits per heavy atom. The van der Waals surface area contributed by atoms with E-state index >= 15 is 0 Å². The summed E-state index contributed by atoms with van der Waals surface area (Å²) >= 11 is 0. The molecule has 0 heterocycles. The summed E-state index contributed by atoms with van der Waals surface area (Å²) in [5, 5.41) is 2.71. The molecular weight excluding hydrogens is 216 g/mol. The van der Waals surface area contributed by atoms with Gasteiger partial charge in [0.05, 0.1) is 5.75 Å². The van der Waals surface area contributed by atoms with Crippen molar-refractivity contribution in [2.24, 2.45) is 0 Å². The molecule has 0 fully saturated rings. The highest BCUT2D eigenvalue weighted by molar-refractivity contribution is 7.89. The van der Waals surface area contributed by atoms with Gasteiger partial charge in [-0.15, -0.1) is 0 Å². The van der Waals surface area contributed by atoms with Crippen LogP contribution in [0.25, 0.3) is 0 Å². The molecule has 0 saturated carbocycles. The third-order valence-electron chi connectivity index (χ3n) is 1.66. The second kappa shape index (κ2) is 4.94. The average molecular weight is 236 g/mol. The van der Waals surface area contributed by atoms with Gasteiger partial charge in [0.1, 0.15) is 0 Å². The Morgan fingerprint density at radius 3 is 2.07 bits per heavy atom. The molecular formula is C9H20N2O3S. The predicted molar refractivity (Wildman–Crippen MR) is 60.0 cm³/mol. The average Bonchev–Trinajstić information content (AvgIpc) is 1.97. The lowest BCUT2D eigenvalue weighted by Crippen LogP contribution is -2.41. The third-order valence-corrected chi connectivity index (χ3v) is 3.49. The minimum atomic E-state index is -3.28. The van der Waals surface area contributed by atoms with Crippen molar-refractivity contribution < 1.29 is 13.2 Å². The van der Waals surface area contributed by atoms with Gasteiger partial charge in [0.2, 0.25) is 15.9 Å². The molecule has 0 atom stereocenters. The van der Waals surface area contributed by atoms with Crippen molar-refractivity contribution in [3.63, 3.8) is 0 Å². The molecule has 6 heteroatoms. The molecule has 0 bridgehead atoms. The first-order chi connectivity index (χ1) is 6.54. The number of hydrogen-bond donors (Lipinski definition) is 1. The standard InChI is InChI=1S/C9H20N2O3S/c1-9(2,3)10-8(12)6-7-15(13,14)11(4)5/h6-7H2,1-5H3,(H,10,12). The molecule has 5 nitrogen and oxygen atoms in total. The molecule has 0 aromatic heterocycles. The van der Waals surface area contributed by atoms with Crippen molar-refractivity contribution >= 4 is 15.9 Å². The van der Waals surface area contributed by atoms with Crippen LogP contribution < -0.4 is 5.32 Å². The van der Waals surface area contributed by atoms with Crippen LogP contribution in [0.3, 0.4) is 0 Å². The lowest BCUT2D eigenvalue weighted by Gasteiger charge is -2.20. The number of carbonyl (C=O) groups is 1. The van der Waals surface area contributed by atoms with Gasteiger partial charge < -0.3 is 5.32 Å². The SMILES string of the molecule is CN(C)S(=O)(=O)CCC(=O)NC(C)(C)C. The smallest absolute Gasteiger partial charge is 0.221 e. The number of hydrogen-bond acceptors (Lipinski definition) is 3. The lowest BCUT2D eigenvalue weighted by atomic mass is 10.1. The minimum absolute atomic E-state index is 0.00220. The van der Waals surface area contributed by atoms with Crippen LogP contribution in [0, 0.1) is 0 Å². The number of nitrogens with zero attached hydrogens (tertiary/aromatic N) is 1. The van der Waals surface area contributed by atoms with Crippen molar-refractivity contribution in [2.75, 3.05) is 19.8 Å². The van der Waals surface area contributed by atoms with Gasteiger partial charge in [-0.05, 0) is 20.8 Å². The summed E-state index contributed by atoms with van der Waals surface area (Å²) in [6, 6.07) is 0. The molecule has 0 unspecified atom stereocenters. The maximum Gasteiger partial charge on any atom is 0.221 e. The van der Waals surface area contributed by atoms with Crippen LogP contribution in [0.4, 0.5) is 0 Å². The van der Waals surface area contributed by atoms with E-state index in [0.717, 1.165) is 4.31 Å².